The first-order valence-electron chi connectivity index (χ1n) is 9.41. The number of aliphatic hydroxyl groups is 1. The number of piperidine rings is 1. The monoisotopic (exact) mass is 390 g/mol. The van der Waals surface area contributed by atoms with Gasteiger partial charge in [-0.1, -0.05) is 0 Å². The molecule has 1 aromatic carbocycles. The van der Waals surface area contributed by atoms with Gasteiger partial charge in [-0.05, 0) is 44.0 Å². The highest BCUT2D eigenvalue weighted by Gasteiger charge is 2.61. The van der Waals surface area contributed by atoms with Crippen LogP contribution in [-0.2, 0) is 14.3 Å². The normalized spacial score (nSPS) is 23.8. The minimum atomic E-state index is -1.41. The van der Waals surface area contributed by atoms with Gasteiger partial charge in [0.25, 0.3) is 11.8 Å². The maximum Gasteiger partial charge on any atom is 0.314 e. The van der Waals surface area contributed by atoms with Crippen molar-refractivity contribution < 1.29 is 29.0 Å². The molecule has 2 amide bonds. The number of methoxy groups -OCH3 is 1. The Balaban J connectivity index is 1.76. The number of amides is 2. The van der Waals surface area contributed by atoms with Crippen LogP contribution >= 0.6 is 0 Å². The fourth-order valence-corrected chi connectivity index (χ4v) is 4.30. The maximum absolute atomic E-state index is 12.8. The molecule has 2 aliphatic heterocycles. The van der Waals surface area contributed by atoms with Crippen LogP contribution in [0.25, 0.3) is 0 Å². The van der Waals surface area contributed by atoms with Crippen molar-refractivity contribution in [1.29, 1.82) is 0 Å². The summed E-state index contributed by atoms with van der Waals surface area (Å²) in [6, 6.07) is 6.88. The lowest BCUT2D eigenvalue weighted by Crippen LogP contribution is -2.57. The molecular formula is C20H26N2O6. The Bertz CT molecular complexity index is 754. The molecule has 0 radical (unpaired) electrons. The number of benzene rings is 1. The van der Waals surface area contributed by atoms with Crippen LogP contribution in [0, 0.1) is 5.92 Å². The van der Waals surface area contributed by atoms with Crippen molar-refractivity contribution in [2.75, 3.05) is 33.9 Å². The molecule has 2 fully saturated rings. The van der Waals surface area contributed by atoms with Gasteiger partial charge in [0.05, 0.1) is 19.3 Å². The van der Waals surface area contributed by atoms with Crippen molar-refractivity contribution in [2.24, 2.45) is 5.92 Å². The van der Waals surface area contributed by atoms with Crippen LogP contribution in [0.3, 0.4) is 0 Å². The van der Waals surface area contributed by atoms with Crippen LogP contribution in [-0.4, -0.2) is 78.2 Å². The molecule has 1 spiro atoms. The van der Waals surface area contributed by atoms with Gasteiger partial charge < -0.3 is 24.4 Å². The molecule has 0 aromatic heterocycles. The first-order valence-corrected chi connectivity index (χ1v) is 9.41. The number of hydrogen-bond donors (Lipinski definition) is 1. The van der Waals surface area contributed by atoms with E-state index in [1.807, 2.05) is 0 Å². The van der Waals surface area contributed by atoms with Crippen molar-refractivity contribution in [3.8, 4) is 5.75 Å². The predicted octanol–water partition coefficient (Wildman–Crippen LogP) is 0.682. The summed E-state index contributed by atoms with van der Waals surface area (Å²) in [4.78, 5) is 40.8. The highest BCUT2D eigenvalue weighted by atomic mass is 16.5. The summed E-state index contributed by atoms with van der Waals surface area (Å²) >= 11 is 0. The Hall–Kier alpha value is -2.61. The van der Waals surface area contributed by atoms with Crippen LogP contribution in [0.5, 0.6) is 5.75 Å². The zero-order chi connectivity index (χ0) is 20.5. The van der Waals surface area contributed by atoms with Crippen molar-refractivity contribution in [3.63, 3.8) is 0 Å². The number of rotatable bonds is 4. The Morgan fingerprint density at radius 2 is 1.82 bits per heavy atom. The Morgan fingerprint density at radius 3 is 2.36 bits per heavy atom. The molecule has 0 bridgehead atoms. The summed E-state index contributed by atoms with van der Waals surface area (Å²) in [7, 11) is 3.17. The summed E-state index contributed by atoms with van der Waals surface area (Å²) in [5, 5.41) is 10.4. The van der Waals surface area contributed by atoms with Crippen LogP contribution in [0.2, 0.25) is 0 Å². The van der Waals surface area contributed by atoms with Gasteiger partial charge in [0.1, 0.15) is 17.8 Å². The van der Waals surface area contributed by atoms with E-state index >= 15 is 0 Å². The second kappa shape index (κ2) is 7.79. The van der Waals surface area contributed by atoms with E-state index in [0.717, 1.165) is 0 Å². The van der Waals surface area contributed by atoms with Crippen LogP contribution in [0.4, 0.5) is 0 Å². The molecule has 0 unspecified atom stereocenters. The summed E-state index contributed by atoms with van der Waals surface area (Å²) in [6.45, 7) is 2.63. The molecule has 1 N–H and O–H groups in total. The molecular weight excluding hydrogens is 364 g/mol. The zero-order valence-corrected chi connectivity index (χ0v) is 16.4. The number of nitrogens with zero attached hydrogens (tertiary/aromatic N) is 2. The van der Waals surface area contributed by atoms with Crippen LogP contribution < -0.4 is 4.74 Å². The highest BCUT2D eigenvalue weighted by molar-refractivity contribution is 5.95. The predicted molar refractivity (Wildman–Crippen MR) is 99.8 cm³/mol. The second-order valence-electron chi connectivity index (χ2n) is 7.20. The molecule has 2 aliphatic rings. The number of carbonyl (C=O) groups excluding carboxylic acids is 3. The summed E-state index contributed by atoms with van der Waals surface area (Å²) in [5.41, 5.74) is -0.283. The van der Waals surface area contributed by atoms with E-state index in [4.69, 9.17) is 9.47 Å². The molecule has 152 valence electrons. The molecule has 8 nitrogen and oxygen atoms in total. The van der Waals surface area contributed by atoms with Crippen LogP contribution in [0.1, 0.15) is 30.1 Å². The number of hydrogen-bond acceptors (Lipinski definition) is 6. The van der Waals surface area contributed by atoms with Gasteiger partial charge in [0, 0.05) is 25.7 Å². The summed E-state index contributed by atoms with van der Waals surface area (Å²) in [6.07, 6.45) is -0.608. The van der Waals surface area contributed by atoms with Crippen molar-refractivity contribution in [3.05, 3.63) is 29.8 Å². The van der Waals surface area contributed by atoms with Crippen molar-refractivity contribution in [1.82, 2.24) is 9.80 Å². The standard InChI is InChI=1S/C20H26N2O6/c1-4-28-19(26)15-16(23)18(25)21(2)20(15)9-11-22(12-10-20)17(24)13-5-7-14(27-3)8-6-13/h5-8,15-16,23H,4,9-12H2,1-3H3/t15-,16+/m0/s1. The van der Waals surface area contributed by atoms with E-state index in [1.165, 1.54) is 4.90 Å². The third-order valence-corrected chi connectivity index (χ3v) is 5.94. The minimum absolute atomic E-state index is 0.113. The van der Waals surface area contributed by atoms with Crippen LogP contribution in [0.15, 0.2) is 24.3 Å². The fraction of sp³-hybridized carbons (Fsp3) is 0.550. The van der Waals surface area contributed by atoms with E-state index < -0.39 is 29.4 Å². The van der Waals surface area contributed by atoms with Gasteiger partial charge in [-0.3, -0.25) is 14.4 Å². The lowest BCUT2D eigenvalue weighted by molar-refractivity contribution is -0.155. The molecule has 3 rings (SSSR count). The number of likely N-dealkylation sites (tertiary alicyclic amines) is 2. The van der Waals surface area contributed by atoms with E-state index in [2.05, 4.69) is 0 Å². The highest BCUT2D eigenvalue weighted by Crippen LogP contribution is 2.43. The SMILES string of the molecule is CCOC(=O)[C@@H]1[C@@H](O)C(=O)N(C)C12CCN(C(=O)c1ccc(OC)cc1)CC2. The van der Waals surface area contributed by atoms with E-state index in [9.17, 15) is 19.5 Å². The lowest BCUT2D eigenvalue weighted by atomic mass is 9.76. The number of carbonyl (C=O) groups is 3. The molecule has 2 saturated heterocycles. The van der Waals surface area contributed by atoms with E-state index in [0.29, 0.717) is 37.2 Å². The Kier molecular flexibility index (Phi) is 5.60. The Morgan fingerprint density at radius 1 is 1.21 bits per heavy atom. The molecule has 2 atom stereocenters. The number of esters is 1. The minimum Gasteiger partial charge on any atom is -0.497 e. The quantitative estimate of drug-likeness (QED) is 0.760. The van der Waals surface area contributed by atoms with Crippen molar-refractivity contribution in [2.45, 2.75) is 31.4 Å². The third-order valence-electron chi connectivity index (χ3n) is 5.94. The average Bonchev–Trinajstić information content (AvgIpc) is 2.89. The molecule has 0 aliphatic carbocycles. The molecule has 2 heterocycles. The third kappa shape index (κ3) is 3.22. The average molecular weight is 390 g/mol. The van der Waals surface area contributed by atoms with Gasteiger partial charge in [0.2, 0.25) is 0 Å². The van der Waals surface area contributed by atoms with Gasteiger partial charge in [-0.2, -0.15) is 0 Å². The largest absolute Gasteiger partial charge is 0.497 e. The van der Waals surface area contributed by atoms with E-state index in [1.54, 1.807) is 50.2 Å². The topological polar surface area (TPSA) is 96.4 Å². The molecule has 28 heavy (non-hydrogen) atoms. The van der Waals surface area contributed by atoms with Gasteiger partial charge >= 0.3 is 5.97 Å². The van der Waals surface area contributed by atoms with Crippen molar-refractivity contribution >= 4 is 17.8 Å². The smallest absolute Gasteiger partial charge is 0.314 e. The zero-order valence-electron chi connectivity index (χ0n) is 16.4. The number of ether oxygens (including phenoxy) is 2. The summed E-state index contributed by atoms with van der Waals surface area (Å²) in [5.74, 6) is -1.43. The second-order valence-corrected chi connectivity index (χ2v) is 7.20. The first kappa shape index (κ1) is 20.1. The molecule has 8 heteroatoms. The van der Waals surface area contributed by atoms with Gasteiger partial charge in [-0.15, -0.1) is 0 Å². The van der Waals surface area contributed by atoms with Gasteiger partial charge in [-0.25, -0.2) is 0 Å². The maximum atomic E-state index is 12.8. The number of aliphatic hydroxyl groups excluding tert-OH is 1. The first-order chi connectivity index (χ1) is 13.4. The summed E-state index contributed by atoms with van der Waals surface area (Å²) < 4.78 is 10.2. The fourth-order valence-electron chi connectivity index (χ4n) is 4.30. The molecule has 0 saturated carbocycles. The Labute approximate surface area is 164 Å². The van der Waals surface area contributed by atoms with Gasteiger partial charge in [0.15, 0.2) is 0 Å². The van der Waals surface area contributed by atoms with E-state index in [-0.39, 0.29) is 12.5 Å². The molecule has 1 aromatic rings. The lowest BCUT2D eigenvalue weighted by Gasteiger charge is -2.45. The number of likely N-dealkylation sites (N-methyl/N-ethyl adjacent to an activating group) is 1.